The molecule has 1 aliphatic heterocycles. The highest BCUT2D eigenvalue weighted by molar-refractivity contribution is 5.82. The first-order chi connectivity index (χ1) is 14.3. The largest absolute Gasteiger partial charge is 0.481 e. The number of carboxylic acid groups (broad SMARTS) is 2. The number of carbonyl (C=O) groups is 2. The number of fused-ring (bicyclic) bond motifs is 1. The number of rotatable bonds is 8. The number of aliphatic carboxylic acids is 2. The van der Waals surface area contributed by atoms with E-state index >= 15 is 0 Å². The van der Waals surface area contributed by atoms with Crippen LogP contribution < -0.4 is 0 Å². The molecule has 4 atom stereocenters. The number of non-ortho nitro benzene ring substituents is 1. The summed E-state index contributed by atoms with van der Waals surface area (Å²) >= 11 is 0. The van der Waals surface area contributed by atoms with Crippen molar-refractivity contribution in [1.82, 2.24) is 4.90 Å². The van der Waals surface area contributed by atoms with Crippen LogP contribution >= 0.6 is 0 Å². The smallest absolute Gasteiger partial charge is 0.308 e. The van der Waals surface area contributed by atoms with Gasteiger partial charge in [0.25, 0.3) is 5.69 Å². The summed E-state index contributed by atoms with van der Waals surface area (Å²) in [6, 6.07) is 5.87. The molecule has 0 saturated carbocycles. The zero-order valence-corrected chi connectivity index (χ0v) is 17.1. The SMILES string of the molecule is CCCCCN1CCC2=CC(c3cccc([N+](=O)[O-])c3)C(C(=O)O)C(C(=O)O)C2C1. The van der Waals surface area contributed by atoms with Gasteiger partial charge >= 0.3 is 11.9 Å². The third-order valence-corrected chi connectivity index (χ3v) is 6.36. The molecule has 1 heterocycles. The van der Waals surface area contributed by atoms with E-state index in [1.165, 1.54) is 18.2 Å². The summed E-state index contributed by atoms with van der Waals surface area (Å²) < 4.78 is 0. The second-order valence-electron chi connectivity index (χ2n) is 8.21. The van der Waals surface area contributed by atoms with Crippen LogP contribution in [0.1, 0.15) is 44.1 Å². The molecule has 0 bridgehead atoms. The van der Waals surface area contributed by atoms with E-state index in [0.29, 0.717) is 18.5 Å². The van der Waals surface area contributed by atoms with Crippen LogP contribution in [0.4, 0.5) is 5.69 Å². The number of unbranched alkanes of at least 4 members (excludes halogenated alkanes) is 2. The first kappa shape index (κ1) is 22.0. The van der Waals surface area contributed by atoms with Crippen LogP contribution in [-0.2, 0) is 9.59 Å². The summed E-state index contributed by atoms with van der Waals surface area (Å²) in [6.45, 7) is 4.37. The van der Waals surface area contributed by atoms with Crippen molar-refractivity contribution in [3.05, 3.63) is 51.6 Å². The molecule has 1 saturated heterocycles. The van der Waals surface area contributed by atoms with Gasteiger partial charge in [-0.05, 0) is 24.9 Å². The van der Waals surface area contributed by atoms with Crippen molar-refractivity contribution in [2.24, 2.45) is 17.8 Å². The van der Waals surface area contributed by atoms with Crippen molar-refractivity contribution in [1.29, 1.82) is 0 Å². The van der Waals surface area contributed by atoms with Crippen LogP contribution in [0, 0.1) is 27.9 Å². The minimum Gasteiger partial charge on any atom is -0.481 e. The number of nitrogens with zero attached hydrogens (tertiary/aromatic N) is 2. The van der Waals surface area contributed by atoms with Gasteiger partial charge in [0.1, 0.15) is 0 Å². The maximum atomic E-state index is 12.2. The van der Waals surface area contributed by atoms with Gasteiger partial charge in [0.05, 0.1) is 16.8 Å². The van der Waals surface area contributed by atoms with Gasteiger partial charge in [-0.2, -0.15) is 0 Å². The first-order valence-corrected chi connectivity index (χ1v) is 10.5. The molecule has 1 fully saturated rings. The lowest BCUT2D eigenvalue weighted by Crippen LogP contribution is -2.49. The van der Waals surface area contributed by atoms with Crippen LogP contribution in [0.3, 0.4) is 0 Å². The highest BCUT2D eigenvalue weighted by Gasteiger charge is 2.49. The Morgan fingerprint density at radius 1 is 1.20 bits per heavy atom. The average molecular weight is 416 g/mol. The lowest BCUT2D eigenvalue weighted by atomic mass is 9.63. The molecule has 2 aliphatic rings. The van der Waals surface area contributed by atoms with Crippen molar-refractivity contribution in [3.63, 3.8) is 0 Å². The molecule has 8 nitrogen and oxygen atoms in total. The van der Waals surface area contributed by atoms with Crippen molar-refractivity contribution < 1.29 is 24.7 Å². The minimum atomic E-state index is -1.18. The molecule has 4 unspecified atom stereocenters. The molecule has 1 aliphatic carbocycles. The van der Waals surface area contributed by atoms with Crippen molar-refractivity contribution in [2.75, 3.05) is 19.6 Å². The highest BCUT2D eigenvalue weighted by Crippen LogP contribution is 2.46. The molecule has 8 heteroatoms. The molecule has 1 aromatic carbocycles. The van der Waals surface area contributed by atoms with Crippen LogP contribution in [-0.4, -0.2) is 51.6 Å². The number of hydrogen-bond acceptors (Lipinski definition) is 5. The Labute approximate surface area is 175 Å². The Morgan fingerprint density at radius 3 is 2.57 bits per heavy atom. The van der Waals surface area contributed by atoms with E-state index in [1.54, 1.807) is 6.07 Å². The molecule has 1 aromatic rings. The van der Waals surface area contributed by atoms with Gasteiger partial charge in [0.15, 0.2) is 0 Å². The standard InChI is InChI=1S/C22H28N2O6/c1-2-3-4-9-23-10-8-15-12-17(14-6-5-7-16(11-14)24(29)30)19(21(25)26)20(22(27)28)18(15)13-23/h5-7,11-12,17-20H,2-4,8-10,13H2,1H3,(H,25,26)(H,27,28). The number of nitro groups is 1. The maximum absolute atomic E-state index is 12.2. The number of hydrogen-bond donors (Lipinski definition) is 2. The van der Waals surface area contributed by atoms with Crippen LogP contribution in [0.15, 0.2) is 35.9 Å². The number of carboxylic acids is 2. The van der Waals surface area contributed by atoms with E-state index in [0.717, 1.165) is 37.9 Å². The lowest BCUT2D eigenvalue weighted by molar-refractivity contribution is -0.384. The third-order valence-electron chi connectivity index (χ3n) is 6.36. The molecule has 0 spiro atoms. The number of benzene rings is 1. The van der Waals surface area contributed by atoms with E-state index in [-0.39, 0.29) is 11.6 Å². The van der Waals surface area contributed by atoms with Gasteiger partial charge in [-0.25, -0.2) is 0 Å². The van der Waals surface area contributed by atoms with Crippen molar-refractivity contribution in [2.45, 2.75) is 38.5 Å². The van der Waals surface area contributed by atoms with Gasteiger partial charge in [-0.3, -0.25) is 19.7 Å². The Kier molecular flexibility index (Phi) is 6.87. The van der Waals surface area contributed by atoms with Crippen LogP contribution in [0.5, 0.6) is 0 Å². The number of nitro benzene ring substituents is 1. The molecule has 3 rings (SSSR count). The van der Waals surface area contributed by atoms with Gasteiger partial charge < -0.3 is 15.1 Å². The van der Waals surface area contributed by atoms with Crippen molar-refractivity contribution in [3.8, 4) is 0 Å². The number of allylic oxidation sites excluding steroid dienone is 1. The van der Waals surface area contributed by atoms with E-state index in [9.17, 15) is 29.9 Å². The quantitative estimate of drug-likeness (QED) is 0.288. The topological polar surface area (TPSA) is 121 Å². The summed E-state index contributed by atoms with van der Waals surface area (Å²) in [7, 11) is 0. The maximum Gasteiger partial charge on any atom is 0.308 e. The van der Waals surface area contributed by atoms with Crippen molar-refractivity contribution >= 4 is 17.6 Å². The molecule has 162 valence electrons. The summed E-state index contributed by atoms with van der Waals surface area (Å²) in [4.78, 5) is 37.3. The monoisotopic (exact) mass is 416 g/mol. The number of piperidine rings is 1. The van der Waals surface area contributed by atoms with Gasteiger partial charge in [0, 0.05) is 37.1 Å². The summed E-state index contributed by atoms with van der Waals surface area (Å²) in [5.74, 6) is -5.61. The Balaban J connectivity index is 1.97. The van der Waals surface area contributed by atoms with Crippen LogP contribution in [0.25, 0.3) is 0 Å². The molecule has 0 radical (unpaired) electrons. The third kappa shape index (κ3) is 4.53. The van der Waals surface area contributed by atoms with E-state index < -0.39 is 34.6 Å². The van der Waals surface area contributed by atoms with Gasteiger partial charge in [0.2, 0.25) is 0 Å². The molecule has 0 aromatic heterocycles. The molecular formula is C22H28N2O6. The Bertz CT molecular complexity index is 852. The fraction of sp³-hybridized carbons (Fsp3) is 0.545. The van der Waals surface area contributed by atoms with Gasteiger partial charge in [-0.15, -0.1) is 0 Å². The first-order valence-electron chi connectivity index (χ1n) is 10.5. The summed E-state index contributed by atoms with van der Waals surface area (Å²) in [5, 5.41) is 31.1. The predicted octanol–water partition coefficient (Wildman–Crippen LogP) is 3.53. The highest BCUT2D eigenvalue weighted by atomic mass is 16.6. The fourth-order valence-corrected chi connectivity index (χ4v) is 4.89. The zero-order chi connectivity index (χ0) is 21.8. The zero-order valence-electron chi connectivity index (χ0n) is 17.1. The molecule has 0 amide bonds. The second kappa shape index (κ2) is 9.38. The van der Waals surface area contributed by atoms with Crippen LogP contribution in [0.2, 0.25) is 0 Å². The molecule has 2 N–H and O–H groups in total. The van der Waals surface area contributed by atoms with E-state index in [4.69, 9.17) is 0 Å². The molecule has 30 heavy (non-hydrogen) atoms. The minimum absolute atomic E-state index is 0.130. The Morgan fingerprint density at radius 2 is 1.93 bits per heavy atom. The average Bonchev–Trinajstić information content (AvgIpc) is 2.72. The lowest BCUT2D eigenvalue weighted by Gasteiger charge is -2.44. The summed E-state index contributed by atoms with van der Waals surface area (Å²) in [6.07, 6.45) is 5.81. The second-order valence-corrected chi connectivity index (χ2v) is 8.21. The van der Waals surface area contributed by atoms with E-state index in [2.05, 4.69) is 11.8 Å². The summed E-state index contributed by atoms with van der Waals surface area (Å²) in [5.41, 5.74) is 1.30. The molecular weight excluding hydrogens is 388 g/mol. The van der Waals surface area contributed by atoms with E-state index in [1.807, 2.05) is 6.08 Å². The Hall–Kier alpha value is -2.74. The normalized spacial score (nSPS) is 26.5. The number of likely N-dealkylation sites (tertiary alicyclic amines) is 1. The predicted molar refractivity (Wildman–Crippen MR) is 110 cm³/mol. The fourth-order valence-electron chi connectivity index (χ4n) is 4.89. The van der Waals surface area contributed by atoms with Gasteiger partial charge in [-0.1, -0.05) is 43.5 Å².